The molecule has 0 aromatic heterocycles. The second kappa shape index (κ2) is 10.3. The van der Waals surface area contributed by atoms with E-state index in [0.717, 1.165) is 25.9 Å². The largest absolute Gasteiger partial charge is 0.317 e. The van der Waals surface area contributed by atoms with Crippen molar-refractivity contribution in [1.29, 1.82) is 0 Å². The molecule has 0 saturated carbocycles. The van der Waals surface area contributed by atoms with E-state index in [1.807, 2.05) is 0 Å². The molecule has 0 aliphatic carbocycles. The SMILES string of the molecule is CCCCCCNCCC(Cl)CC. The molecule has 1 nitrogen and oxygen atoms in total. The normalized spacial score (nSPS) is 13.2. The fourth-order valence-electron chi connectivity index (χ4n) is 1.26. The fourth-order valence-corrected chi connectivity index (χ4v) is 1.37. The summed E-state index contributed by atoms with van der Waals surface area (Å²) < 4.78 is 0. The van der Waals surface area contributed by atoms with Crippen molar-refractivity contribution in [1.82, 2.24) is 5.32 Å². The van der Waals surface area contributed by atoms with Gasteiger partial charge in [0.25, 0.3) is 0 Å². The van der Waals surface area contributed by atoms with Crippen molar-refractivity contribution in [3.63, 3.8) is 0 Å². The highest BCUT2D eigenvalue weighted by atomic mass is 35.5. The van der Waals surface area contributed by atoms with Crippen LogP contribution in [0.15, 0.2) is 0 Å². The Hall–Kier alpha value is 0.250. The molecule has 0 heterocycles. The van der Waals surface area contributed by atoms with Gasteiger partial charge in [0.2, 0.25) is 0 Å². The van der Waals surface area contributed by atoms with Crippen LogP contribution in [-0.4, -0.2) is 18.5 Å². The van der Waals surface area contributed by atoms with Crippen LogP contribution in [0, 0.1) is 0 Å². The zero-order valence-corrected chi connectivity index (χ0v) is 9.87. The third-order valence-corrected chi connectivity index (χ3v) is 2.81. The fraction of sp³-hybridized carbons (Fsp3) is 1.00. The van der Waals surface area contributed by atoms with Gasteiger partial charge in [0.1, 0.15) is 0 Å². The van der Waals surface area contributed by atoms with Crippen LogP contribution in [0.4, 0.5) is 0 Å². The Balaban J connectivity index is 2.91. The van der Waals surface area contributed by atoms with Gasteiger partial charge in [-0.25, -0.2) is 0 Å². The molecule has 1 unspecified atom stereocenters. The summed E-state index contributed by atoms with van der Waals surface area (Å²) in [6, 6.07) is 0. The Morgan fingerprint density at radius 1 is 1.08 bits per heavy atom. The van der Waals surface area contributed by atoms with E-state index in [2.05, 4.69) is 19.2 Å². The molecule has 1 atom stereocenters. The second-order valence-electron chi connectivity index (χ2n) is 3.60. The molecule has 0 aliphatic rings. The van der Waals surface area contributed by atoms with Crippen molar-refractivity contribution in [2.45, 2.75) is 57.7 Å². The van der Waals surface area contributed by atoms with E-state index in [1.54, 1.807) is 0 Å². The number of halogens is 1. The molecule has 0 bridgehead atoms. The summed E-state index contributed by atoms with van der Waals surface area (Å²) in [6.45, 7) is 6.62. The molecule has 0 fully saturated rings. The van der Waals surface area contributed by atoms with Crippen LogP contribution >= 0.6 is 11.6 Å². The van der Waals surface area contributed by atoms with Crippen LogP contribution in [0.25, 0.3) is 0 Å². The lowest BCUT2D eigenvalue weighted by atomic mass is 10.2. The maximum atomic E-state index is 5.99. The quantitative estimate of drug-likeness (QED) is 0.449. The molecule has 13 heavy (non-hydrogen) atoms. The summed E-state index contributed by atoms with van der Waals surface area (Å²) in [4.78, 5) is 0. The van der Waals surface area contributed by atoms with E-state index in [4.69, 9.17) is 11.6 Å². The second-order valence-corrected chi connectivity index (χ2v) is 4.22. The Labute approximate surface area is 88.2 Å². The molecule has 0 spiro atoms. The van der Waals surface area contributed by atoms with Crippen LogP contribution < -0.4 is 5.32 Å². The number of rotatable bonds is 9. The average Bonchev–Trinajstić information content (AvgIpc) is 2.16. The van der Waals surface area contributed by atoms with Crippen LogP contribution in [0.5, 0.6) is 0 Å². The molecular formula is C11H24ClN. The first-order chi connectivity index (χ1) is 6.31. The van der Waals surface area contributed by atoms with Gasteiger partial charge < -0.3 is 5.32 Å². The van der Waals surface area contributed by atoms with Crippen molar-refractivity contribution in [2.24, 2.45) is 0 Å². The smallest absolute Gasteiger partial charge is 0.0345 e. The molecule has 1 N–H and O–H groups in total. The van der Waals surface area contributed by atoms with Crippen molar-refractivity contribution in [3.8, 4) is 0 Å². The minimum Gasteiger partial charge on any atom is -0.317 e. The maximum Gasteiger partial charge on any atom is 0.0345 e. The lowest BCUT2D eigenvalue weighted by Crippen LogP contribution is -2.19. The standard InChI is InChI=1S/C11H24ClN/c1-3-5-6-7-9-13-10-8-11(12)4-2/h11,13H,3-10H2,1-2H3. The summed E-state index contributed by atoms with van der Waals surface area (Å²) in [5.74, 6) is 0. The lowest BCUT2D eigenvalue weighted by Gasteiger charge is -2.07. The third kappa shape index (κ3) is 10.2. The minimum absolute atomic E-state index is 0.364. The summed E-state index contributed by atoms with van der Waals surface area (Å²) >= 11 is 5.99. The van der Waals surface area contributed by atoms with E-state index in [9.17, 15) is 0 Å². The highest BCUT2D eigenvalue weighted by molar-refractivity contribution is 6.20. The van der Waals surface area contributed by atoms with Gasteiger partial charge >= 0.3 is 0 Å². The van der Waals surface area contributed by atoms with E-state index in [0.29, 0.717) is 5.38 Å². The topological polar surface area (TPSA) is 12.0 Å². The number of hydrogen-bond donors (Lipinski definition) is 1. The van der Waals surface area contributed by atoms with Gasteiger partial charge in [0, 0.05) is 5.38 Å². The summed E-state index contributed by atoms with van der Waals surface area (Å²) in [5, 5.41) is 3.79. The van der Waals surface area contributed by atoms with E-state index in [-0.39, 0.29) is 0 Å². The van der Waals surface area contributed by atoms with Gasteiger partial charge in [0.15, 0.2) is 0 Å². The molecule has 2 heteroatoms. The third-order valence-electron chi connectivity index (χ3n) is 2.28. The van der Waals surface area contributed by atoms with Crippen LogP contribution in [0.3, 0.4) is 0 Å². The van der Waals surface area contributed by atoms with Gasteiger partial charge in [-0.2, -0.15) is 0 Å². The summed E-state index contributed by atoms with van der Waals surface area (Å²) in [7, 11) is 0. The summed E-state index contributed by atoms with van der Waals surface area (Å²) in [6.07, 6.45) is 7.55. The molecule has 0 aliphatic heterocycles. The van der Waals surface area contributed by atoms with Gasteiger partial charge in [-0.3, -0.25) is 0 Å². The van der Waals surface area contributed by atoms with Crippen LogP contribution in [-0.2, 0) is 0 Å². The van der Waals surface area contributed by atoms with Crippen molar-refractivity contribution >= 4 is 11.6 Å². The van der Waals surface area contributed by atoms with Gasteiger partial charge in [0.05, 0.1) is 0 Å². The molecule has 0 saturated heterocycles. The number of nitrogens with one attached hydrogen (secondary N) is 1. The van der Waals surface area contributed by atoms with Crippen LogP contribution in [0.1, 0.15) is 52.4 Å². The Bertz CT molecular complexity index is 96.1. The average molecular weight is 206 g/mol. The number of hydrogen-bond acceptors (Lipinski definition) is 1. The molecule has 0 rings (SSSR count). The first kappa shape index (κ1) is 13.2. The molecule has 80 valence electrons. The highest BCUT2D eigenvalue weighted by Crippen LogP contribution is 2.04. The van der Waals surface area contributed by atoms with Gasteiger partial charge in [-0.15, -0.1) is 11.6 Å². The molecular weight excluding hydrogens is 182 g/mol. The lowest BCUT2D eigenvalue weighted by molar-refractivity contribution is 0.575. The number of alkyl halides is 1. The van der Waals surface area contributed by atoms with Crippen LogP contribution in [0.2, 0.25) is 0 Å². The van der Waals surface area contributed by atoms with E-state index < -0.39 is 0 Å². The molecule has 0 aromatic carbocycles. The van der Waals surface area contributed by atoms with Crippen molar-refractivity contribution in [3.05, 3.63) is 0 Å². The zero-order valence-electron chi connectivity index (χ0n) is 9.11. The zero-order chi connectivity index (χ0) is 9.94. The van der Waals surface area contributed by atoms with Crippen molar-refractivity contribution in [2.75, 3.05) is 13.1 Å². The van der Waals surface area contributed by atoms with E-state index >= 15 is 0 Å². The Morgan fingerprint density at radius 3 is 2.46 bits per heavy atom. The predicted molar refractivity (Wildman–Crippen MR) is 61.6 cm³/mol. The van der Waals surface area contributed by atoms with Crippen molar-refractivity contribution < 1.29 is 0 Å². The highest BCUT2D eigenvalue weighted by Gasteiger charge is 1.98. The van der Waals surface area contributed by atoms with E-state index in [1.165, 1.54) is 25.7 Å². The Kier molecular flexibility index (Phi) is 10.5. The predicted octanol–water partition coefficient (Wildman–Crippen LogP) is 3.56. The monoisotopic (exact) mass is 205 g/mol. The van der Waals surface area contributed by atoms with Gasteiger partial charge in [-0.05, 0) is 32.4 Å². The van der Waals surface area contributed by atoms with Gasteiger partial charge in [-0.1, -0.05) is 33.1 Å². The Morgan fingerprint density at radius 2 is 1.85 bits per heavy atom. The minimum atomic E-state index is 0.364. The number of unbranched alkanes of at least 4 members (excludes halogenated alkanes) is 3. The molecule has 0 amide bonds. The maximum absolute atomic E-state index is 5.99. The molecule has 0 radical (unpaired) electrons. The summed E-state index contributed by atoms with van der Waals surface area (Å²) in [5.41, 5.74) is 0. The first-order valence-electron chi connectivity index (χ1n) is 5.66. The first-order valence-corrected chi connectivity index (χ1v) is 6.09. The molecule has 0 aromatic rings.